The second-order valence-electron chi connectivity index (χ2n) is 7.29. The van der Waals surface area contributed by atoms with Crippen molar-refractivity contribution in [3.63, 3.8) is 0 Å². The third-order valence-electron chi connectivity index (χ3n) is 4.56. The van der Waals surface area contributed by atoms with E-state index in [0.29, 0.717) is 5.92 Å². The molecule has 0 fully saturated rings. The Morgan fingerprint density at radius 3 is 2.47 bits per heavy atom. The molecule has 0 N–H and O–H groups in total. The summed E-state index contributed by atoms with van der Waals surface area (Å²) in [6, 6.07) is 6.32. The first-order valence-corrected chi connectivity index (χ1v) is 7.35. The number of benzene rings is 1. The van der Waals surface area contributed by atoms with Crippen LogP contribution in [0.4, 0.5) is 5.69 Å². The maximum atomic E-state index is 7.17. The molecule has 19 heavy (non-hydrogen) atoms. The molecular weight excluding hydrogens is 230 g/mol. The van der Waals surface area contributed by atoms with Crippen LogP contribution in [0.2, 0.25) is 0 Å². The standard InChI is InChI=1S/C18H25N/c1-12(2)15-9-7-13-11-14(19-6)8-10-16(13)17(15)18(3,4)5/h8,10-12,15,17H,7,9H2,1-5H3. The summed E-state index contributed by atoms with van der Waals surface area (Å²) >= 11 is 0. The maximum absolute atomic E-state index is 7.17. The summed E-state index contributed by atoms with van der Waals surface area (Å²) in [5.74, 6) is 2.08. The van der Waals surface area contributed by atoms with E-state index in [2.05, 4.69) is 51.6 Å². The molecule has 0 aliphatic heterocycles. The molecule has 2 unspecified atom stereocenters. The highest BCUT2D eigenvalue weighted by Gasteiger charge is 2.38. The molecule has 1 aliphatic carbocycles. The highest BCUT2D eigenvalue weighted by atomic mass is 14.6. The molecule has 0 heterocycles. The molecule has 102 valence electrons. The zero-order valence-corrected chi connectivity index (χ0v) is 12.8. The molecule has 2 atom stereocenters. The molecule has 0 amide bonds. The van der Waals surface area contributed by atoms with Crippen molar-refractivity contribution in [2.75, 3.05) is 0 Å². The van der Waals surface area contributed by atoms with Crippen LogP contribution in [0.1, 0.15) is 58.1 Å². The minimum Gasteiger partial charge on any atom is -0.238 e. The van der Waals surface area contributed by atoms with Gasteiger partial charge in [0.25, 0.3) is 0 Å². The summed E-state index contributed by atoms with van der Waals surface area (Å²) < 4.78 is 0. The topological polar surface area (TPSA) is 4.36 Å². The first kappa shape index (κ1) is 14.1. The Bertz CT molecular complexity index is 499. The average Bonchev–Trinajstić information content (AvgIpc) is 2.35. The fourth-order valence-corrected chi connectivity index (χ4v) is 3.73. The third kappa shape index (κ3) is 2.68. The molecule has 0 spiro atoms. The molecule has 0 saturated heterocycles. The molecule has 0 radical (unpaired) electrons. The van der Waals surface area contributed by atoms with Crippen molar-refractivity contribution in [3.05, 3.63) is 40.7 Å². The highest BCUT2D eigenvalue weighted by Crippen LogP contribution is 2.49. The van der Waals surface area contributed by atoms with E-state index < -0.39 is 0 Å². The molecular formula is C18H25N. The van der Waals surface area contributed by atoms with Crippen molar-refractivity contribution >= 4 is 5.69 Å². The molecule has 1 nitrogen and oxygen atoms in total. The van der Waals surface area contributed by atoms with Gasteiger partial charge in [-0.2, -0.15) is 0 Å². The Morgan fingerprint density at radius 2 is 1.95 bits per heavy atom. The summed E-state index contributed by atoms with van der Waals surface area (Å²) in [4.78, 5) is 3.57. The van der Waals surface area contributed by atoms with Crippen LogP contribution in [0.15, 0.2) is 18.2 Å². The van der Waals surface area contributed by atoms with E-state index in [9.17, 15) is 0 Å². The molecule has 1 aromatic carbocycles. The lowest BCUT2D eigenvalue weighted by Gasteiger charge is -2.44. The molecule has 0 saturated carbocycles. The predicted molar refractivity (Wildman–Crippen MR) is 81.5 cm³/mol. The van der Waals surface area contributed by atoms with Crippen LogP contribution in [-0.2, 0) is 6.42 Å². The van der Waals surface area contributed by atoms with Crippen molar-refractivity contribution in [2.45, 2.75) is 53.4 Å². The van der Waals surface area contributed by atoms with Crippen molar-refractivity contribution in [2.24, 2.45) is 17.3 Å². The van der Waals surface area contributed by atoms with E-state index in [1.807, 2.05) is 6.07 Å². The van der Waals surface area contributed by atoms with Gasteiger partial charge in [-0.3, -0.25) is 0 Å². The van der Waals surface area contributed by atoms with Gasteiger partial charge in [0.2, 0.25) is 0 Å². The number of rotatable bonds is 1. The van der Waals surface area contributed by atoms with Gasteiger partial charge in [0.15, 0.2) is 5.69 Å². The van der Waals surface area contributed by atoms with Gasteiger partial charge in [-0.15, -0.1) is 0 Å². The van der Waals surface area contributed by atoms with Gasteiger partial charge in [-0.25, -0.2) is 4.85 Å². The van der Waals surface area contributed by atoms with Gasteiger partial charge in [-0.05, 0) is 41.6 Å². The normalized spacial score (nSPS) is 23.0. The second-order valence-corrected chi connectivity index (χ2v) is 7.29. The summed E-state index contributed by atoms with van der Waals surface area (Å²) in [7, 11) is 0. The van der Waals surface area contributed by atoms with Gasteiger partial charge < -0.3 is 0 Å². The number of fused-ring (bicyclic) bond motifs is 1. The van der Waals surface area contributed by atoms with Crippen molar-refractivity contribution in [3.8, 4) is 0 Å². The minimum atomic E-state index is 0.281. The molecule has 2 rings (SSSR count). The SMILES string of the molecule is [C-]#[N+]c1ccc2c(c1)CCC(C(C)C)C2C(C)(C)C. The Morgan fingerprint density at radius 1 is 1.26 bits per heavy atom. The van der Waals surface area contributed by atoms with E-state index in [0.717, 1.165) is 23.9 Å². The highest BCUT2D eigenvalue weighted by molar-refractivity contribution is 5.51. The monoisotopic (exact) mass is 255 g/mol. The lowest BCUT2D eigenvalue weighted by Crippen LogP contribution is -2.33. The van der Waals surface area contributed by atoms with Crippen molar-refractivity contribution in [1.82, 2.24) is 0 Å². The van der Waals surface area contributed by atoms with Gasteiger partial charge >= 0.3 is 0 Å². The van der Waals surface area contributed by atoms with Crippen LogP contribution in [0.5, 0.6) is 0 Å². The van der Waals surface area contributed by atoms with Crippen LogP contribution >= 0.6 is 0 Å². The minimum absolute atomic E-state index is 0.281. The molecule has 0 bridgehead atoms. The Balaban J connectivity index is 2.51. The van der Waals surface area contributed by atoms with Crippen LogP contribution in [0, 0.1) is 23.8 Å². The van der Waals surface area contributed by atoms with Gasteiger partial charge in [0, 0.05) is 0 Å². The van der Waals surface area contributed by atoms with Gasteiger partial charge in [0.1, 0.15) is 0 Å². The van der Waals surface area contributed by atoms with Crippen LogP contribution in [0.25, 0.3) is 4.85 Å². The first-order chi connectivity index (χ1) is 8.84. The average molecular weight is 255 g/mol. The van der Waals surface area contributed by atoms with Crippen LogP contribution in [0.3, 0.4) is 0 Å². The fourth-order valence-electron chi connectivity index (χ4n) is 3.73. The zero-order chi connectivity index (χ0) is 14.2. The maximum Gasteiger partial charge on any atom is 0.187 e. The Labute approximate surface area is 117 Å². The summed E-state index contributed by atoms with van der Waals surface area (Å²) in [5.41, 5.74) is 3.97. The fraction of sp³-hybridized carbons (Fsp3) is 0.611. The number of nitrogens with zero attached hydrogens (tertiary/aromatic N) is 1. The Hall–Kier alpha value is -1.29. The van der Waals surface area contributed by atoms with Gasteiger partial charge in [-0.1, -0.05) is 58.4 Å². The Kier molecular flexibility index (Phi) is 3.72. The number of hydrogen-bond acceptors (Lipinski definition) is 0. The second kappa shape index (κ2) is 5.00. The van der Waals surface area contributed by atoms with Gasteiger partial charge in [0.05, 0.1) is 6.57 Å². The van der Waals surface area contributed by atoms with Crippen LogP contribution in [-0.4, -0.2) is 0 Å². The quantitative estimate of drug-likeness (QED) is 0.576. The van der Waals surface area contributed by atoms with E-state index in [1.165, 1.54) is 17.5 Å². The van der Waals surface area contributed by atoms with Crippen LogP contribution < -0.4 is 0 Å². The largest absolute Gasteiger partial charge is 0.238 e. The molecule has 1 aliphatic rings. The molecule has 0 aromatic heterocycles. The van der Waals surface area contributed by atoms with Crippen molar-refractivity contribution < 1.29 is 0 Å². The summed E-state index contributed by atoms with van der Waals surface area (Å²) in [6.07, 6.45) is 2.39. The smallest absolute Gasteiger partial charge is 0.187 e. The zero-order valence-electron chi connectivity index (χ0n) is 12.8. The molecule has 1 heteroatoms. The number of aryl methyl sites for hydroxylation is 1. The summed E-state index contributed by atoms with van der Waals surface area (Å²) in [5, 5.41) is 0. The summed E-state index contributed by atoms with van der Waals surface area (Å²) in [6.45, 7) is 18.9. The number of hydrogen-bond donors (Lipinski definition) is 0. The lowest BCUT2D eigenvalue weighted by molar-refractivity contribution is 0.170. The van der Waals surface area contributed by atoms with E-state index in [4.69, 9.17) is 6.57 Å². The molecule has 1 aromatic rings. The first-order valence-electron chi connectivity index (χ1n) is 7.35. The third-order valence-corrected chi connectivity index (χ3v) is 4.56. The van der Waals surface area contributed by atoms with Crippen molar-refractivity contribution in [1.29, 1.82) is 0 Å². The van der Waals surface area contributed by atoms with E-state index in [-0.39, 0.29) is 5.41 Å². The predicted octanol–water partition coefficient (Wildman–Crippen LogP) is 5.59. The van der Waals surface area contributed by atoms with E-state index in [1.54, 1.807) is 0 Å². The van der Waals surface area contributed by atoms with E-state index >= 15 is 0 Å². The lowest BCUT2D eigenvalue weighted by atomic mass is 9.61.